The van der Waals surface area contributed by atoms with Gasteiger partial charge in [-0.25, -0.2) is 4.39 Å². The van der Waals surface area contributed by atoms with E-state index >= 15 is 0 Å². The Morgan fingerprint density at radius 3 is 2.71 bits per heavy atom. The zero-order valence-corrected chi connectivity index (χ0v) is 10.9. The molecule has 2 rings (SSSR count). The Balaban J connectivity index is 2.39. The van der Waals surface area contributed by atoms with Gasteiger partial charge in [0.15, 0.2) is 0 Å². The molecule has 1 nitrogen and oxygen atoms in total. The predicted molar refractivity (Wildman–Crippen MR) is 71.0 cm³/mol. The van der Waals surface area contributed by atoms with Crippen molar-refractivity contribution in [2.45, 2.75) is 19.9 Å². The summed E-state index contributed by atoms with van der Waals surface area (Å²) < 4.78 is 13.8. The zero-order chi connectivity index (χ0) is 12.3. The number of aryl methyl sites for hydroxylation is 1. The minimum atomic E-state index is -0.151. The van der Waals surface area contributed by atoms with Gasteiger partial charge in [0, 0.05) is 10.4 Å². The van der Waals surface area contributed by atoms with E-state index in [9.17, 15) is 4.39 Å². The van der Waals surface area contributed by atoms with Crippen LogP contribution in [0.2, 0.25) is 0 Å². The van der Waals surface area contributed by atoms with E-state index < -0.39 is 0 Å². The van der Waals surface area contributed by atoms with Crippen LogP contribution in [0.5, 0.6) is 0 Å². The van der Waals surface area contributed by atoms with Crippen molar-refractivity contribution in [2.75, 3.05) is 6.54 Å². The second kappa shape index (κ2) is 5.43. The first-order valence-electron chi connectivity index (χ1n) is 5.75. The largest absolute Gasteiger partial charge is 0.306 e. The van der Waals surface area contributed by atoms with E-state index in [1.165, 1.54) is 10.9 Å². The van der Waals surface area contributed by atoms with E-state index in [1.807, 2.05) is 19.1 Å². The summed E-state index contributed by atoms with van der Waals surface area (Å²) in [7, 11) is 0. The number of hydrogen-bond acceptors (Lipinski definition) is 2. The summed E-state index contributed by atoms with van der Waals surface area (Å²) in [6.07, 6.45) is 0. The molecule has 0 spiro atoms. The molecule has 0 aliphatic rings. The molecule has 0 fully saturated rings. The molecule has 1 atom stereocenters. The van der Waals surface area contributed by atoms with E-state index in [0.29, 0.717) is 5.56 Å². The van der Waals surface area contributed by atoms with E-state index in [-0.39, 0.29) is 11.9 Å². The van der Waals surface area contributed by atoms with Crippen molar-refractivity contribution in [3.63, 3.8) is 0 Å². The fraction of sp³-hybridized carbons (Fsp3) is 0.286. The SMILES string of the molecule is CCNC(c1csc(C)c1)c1ccccc1F. The smallest absolute Gasteiger partial charge is 0.128 e. The maximum atomic E-state index is 13.8. The van der Waals surface area contributed by atoms with Crippen molar-refractivity contribution < 1.29 is 4.39 Å². The first-order valence-corrected chi connectivity index (χ1v) is 6.63. The molecule has 0 saturated heterocycles. The first-order chi connectivity index (χ1) is 8.22. The Hall–Kier alpha value is -1.19. The maximum Gasteiger partial charge on any atom is 0.128 e. The van der Waals surface area contributed by atoms with Crippen LogP contribution in [0.25, 0.3) is 0 Å². The Kier molecular flexibility index (Phi) is 3.92. The molecule has 1 unspecified atom stereocenters. The summed E-state index contributed by atoms with van der Waals surface area (Å²) in [5, 5.41) is 5.43. The van der Waals surface area contributed by atoms with Crippen LogP contribution in [0.3, 0.4) is 0 Å². The van der Waals surface area contributed by atoms with Gasteiger partial charge in [-0.15, -0.1) is 11.3 Å². The van der Waals surface area contributed by atoms with Crippen molar-refractivity contribution in [3.05, 3.63) is 57.5 Å². The van der Waals surface area contributed by atoms with Crippen molar-refractivity contribution in [2.24, 2.45) is 0 Å². The lowest BCUT2D eigenvalue weighted by molar-refractivity contribution is 0.560. The third kappa shape index (κ3) is 2.73. The average molecular weight is 249 g/mol. The number of halogens is 1. The number of rotatable bonds is 4. The highest BCUT2D eigenvalue weighted by Crippen LogP contribution is 2.27. The standard InChI is InChI=1S/C14H16FNS/c1-3-16-14(11-8-10(2)17-9-11)12-6-4-5-7-13(12)15/h4-9,14,16H,3H2,1-2H3. The lowest BCUT2D eigenvalue weighted by Gasteiger charge is -2.17. The van der Waals surface area contributed by atoms with Crippen molar-refractivity contribution >= 4 is 11.3 Å². The monoisotopic (exact) mass is 249 g/mol. The van der Waals surface area contributed by atoms with Crippen molar-refractivity contribution in [1.29, 1.82) is 0 Å². The van der Waals surface area contributed by atoms with Gasteiger partial charge in [0.2, 0.25) is 0 Å². The molecule has 0 aliphatic carbocycles. The van der Waals surface area contributed by atoms with Crippen molar-refractivity contribution in [1.82, 2.24) is 5.32 Å². The minimum Gasteiger partial charge on any atom is -0.306 e. The van der Waals surface area contributed by atoms with Gasteiger partial charge in [-0.1, -0.05) is 25.1 Å². The second-order valence-corrected chi connectivity index (χ2v) is 5.12. The van der Waals surface area contributed by atoms with Crippen LogP contribution in [0.4, 0.5) is 4.39 Å². The van der Waals surface area contributed by atoms with Gasteiger partial charge in [-0.3, -0.25) is 0 Å². The highest BCUT2D eigenvalue weighted by atomic mass is 32.1. The van der Waals surface area contributed by atoms with Gasteiger partial charge in [-0.05, 0) is 36.5 Å². The third-order valence-corrected chi connectivity index (χ3v) is 3.59. The van der Waals surface area contributed by atoms with Gasteiger partial charge < -0.3 is 5.32 Å². The lowest BCUT2D eigenvalue weighted by atomic mass is 10.0. The van der Waals surface area contributed by atoms with Gasteiger partial charge >= 0.3 is 0 Å². The first kappa shape index (κ1) is 12.3. The molecular weight excluding hydrogens is 233 g/mol. The molecule has 0 radical (unpaired) electrons. The molecule has 3 heteroatoms. The minimum absolute atomic E-state index is 0.0499. The Bertz CT molecular complexity index is 492. The highest BCUT2D eigenvalue weighted by molar-refractivity contribution is 7.10. The van der Waals surface area contributed by atoms with Crippen LogP contribution in [0.1, 0.15) is 29.0 Å². The average Bonchev–Trinajstić information content (AvgIpc) is 2.74. The van der Waals surface area contributed by atoms with Crippen LogP contribution in [-0.2, 0) is 0 Å². The Morgan fingerprint density at radius 1 is 1.35 bits per heavy atom. The molecule has 1 N–H and O–H groups in total. The summed E-state index contributed by atoms with van der Waals surface area (Å²) >= 11 is 1.70. The molecule has 90 valence electrons. The fourth-order valence-corrected chi connectivity index (χ4v) is 2.67. The quantitative estimate of drug-likeness (QED) is 0.866. The predicted octanol–water partition coefficient (Wildman–Crippen LogP) is 3.89. The van der Waals surface area contributed by atoms with Crippen LogP contribution in [-0.4, -0.2) is 6.54 Å². The number of nitrogens with one attached hydrogen (secondary N) is 1. The summed E-state index contributed by atoms with van der Waals surface area (Å²) in [6, 6.07) is 9.02. The maximum absolute atomic E-state index is 13.8. The van der Waals surface area contributed by atoms with E-state index in [1.54, 1.807) is 17.4 Å². The topological polar surface area (TPSA) is 12.0 Å². The van der Waals surface area contributed by atoms with Crippen molar-refractivity contribution in [3.8, 4) is 0 Å². The molecule has 1 aromatic carbocycles. The zero-order valence-electron chi connectivity index (χ0n) is 10.0. The van der Waals surface area contributed by atoms with Crippen LogP contribution in [0.15, 0.2) is 35.7 Å². The lowest BCUT2D eigenvalue weighted by Crippen LogP contribution is -2.22. The highest BCUT2D eigenvalue weighted by Gasteiger charge is 2.17. The van der Waals surface area contributed by atoms with Crippen LogP contribution >= 0.6 is 11.3 Å². The van der Waals surface area contributed by atoms with Gasteiger partial charge in [0.25, 0.3) is 0 Å². The normalized spacial score (nSPS) is 12.6. The molecule has 2 aromatic rings. The van der Waals surface area contributed by atoms with Gasteiger partial charge in [0.1, 0.15) is 5.82 Å². The molecule has 0 saturated carbocycles. The molecule has 0 bridgehead atoms. The Morgan fingerprint density at radius 2 is 2.12 bits per heavy atom. The van der Waals surface area contributed by atoms with E-state index in [2.05, 4.69) is 23.7 Å². The molecule has 1 aromatic heterocycles. The molecule has 0 aliphatic heterocycles. The molecule has 1 heterocycles. The molecule has 0 amide bonds. The molecule has 17 heavy (non-hydrogen) atoms. The summed E-state index contributed by atoms with van der Waals surface area (Å²) in [4.78, 5) is 1.25. The third-order valence-electron chi connectivity index (χ3n) is 2.71. The van der Waals surface area contributed by atoms with Gasteiger partial charge in [0.05, 0.1) is 6.04 Å². The second-order valence-electron chi connectivity index (χ2n) is 4.00. The number of benzene rings is 1. The Labute approximate surface area is 105 Å². The van der Waals surface area contributed by atoms with Crippen LogP contribution < -0.4 is 5.32 Å². The fourth-order valence-electron chi connectivity index (χ4n) is 1.94. The number of thiophene rings is 1. The molecular formula is C14H16FNS. The summed E-state index contributed by atoms with van der Waals surface area (Å²) in [5.41, 5.74) is 1.85. The summed E-state index contributed by atoms with van der Waals surface area (Å²) in [5.74, 6) is -0.151. The van der Waals surface area contributed by atoms with Gasteiger partial charge in [-0.2, -0.15) is 0 Å². The van der Waals surface area contributed by atoms with E-state index in [0.717, 1.165) is 12.1 Å². The van der Waals surface area contributed by atoms with Crippen LogP contribution in [0, 0.1) is 12.7 Å². The summed E-state index contributed by atoms with van der Waals surface area (Å²) in [6.45, 7) is 4.92. The number of hydrogen-bond donors (Lipinski definition) is 1. The van der Waals surface area contributed by atoms with E-state index in [4.69, 9.17) is 0 Å².